The number of amides is 1. The first kappa shape index (κ1) is 20.0. The van der Waals surface area contributed by atoms with Gasteiger partial charge in [-0.25, -0.2) is 8.42 Å². The summed E-state index contributed by atoms with van der Waals surface area (Å²) >= 11 is 0. The van der Waals surface area contributed by atoms with Gasteiger partial charge in [0, 0.05) is 44.9 Å². The maximum atomic E-state index is 12.5. The van der Waals surface area contributed by atoms with Gasteiger partial charge in [0.25, 0.3) is 0 Å². The Morgan fingerprint density at radius 2 is 1.88 bits per heavy atom. The Kier molecular flexibility index (Phi) is 6.35. The standard InChI is InChI=1S/C17H32N4O3S/c1-17(2,25(4,23)24)12-19-16(18-3)20-14-9-10-21(11-14)15(22)13-7-5-6-8-13/h13-14H,5-12H2,1-4H3,(H2,18,19,20). The monoisotopic (exact) mass is 372 g/mol. The SMILES string of the molecule is CN=C(NCC(C)(C)S(C)(=O)=O)NC1CCN(C(=O)C2CCCC2)C1. The topological polar surface area (TPSA) is 90.9 Å². The van der Waals surface area contributed by atoms with Crippen molar-refractivity contribution >= 4 is 21.7 Å². The maximum Gasteiger partial charge on any atom is 0.225 e. The van der Waals surface area contributed by atoms with Gasteiger partial charge < -0.3 is 15.5 Å². The molecule has 25 heavy (non-hydrogen) atoms. The van der Waals surface area contributed by atoms with Gasteiger partial charge in [0.2, 0.25) is 5.91 Å². The van der Waals surface area contributed by atoms with E-state index in [9.17, 15) is 13.2 Å². The van der Waals surface area contributed by atoms with Crippen LogP contribution in [0, 0.1) is 5.92 Å². The van der Waals surface area contributed by atoms with E-state index < -0.39 is 14.6 Å². The Morgan fingerprint density at radius 1 is 1.24 bits per heavy atom. The Hall–Kier alpha value is -1.31. The zero-order valence-corrected chi connectivity index (χ0v) is 16.7. The fraction of sp³-hybridized carbons (Fsp3) is 0.882. The van der Waals surface area contributed by atoms with Gasteiger partial charge in [-0.15, -0.1) is 0 Å². The van der Waals surface area contributed by atoms with Crippen LogP contribution < -0.4 is 10.6 Å². The predicted octanol–water partition coefficient (Wildman–Crippen LogP) is 0.766. The average molecular weight is 373 g/mol. The number of carbonyl (C=O) groups excluding carboxylic acids is 1. The van der Waals surface area contributed by atoms with Gasteiger partial charge in [0.1, 0.15) is 0 Å². The van der Waals surface area contributed by atoms with Gasteiger partial charge >= 0.3 is 0 Å². The number of rotatable bonds is 5. The minimum Gasteiger partial charge on any atom is -0.355 e. The first-order chi connectivity index (χ1) is 11.6. The zero-order chi connectivity index (χ0) is 18.7. The molecule has 2 rings (SSSR count). The Bertz CT molecular complexity index is 609. The summed E-state index contributed by atoms with van der Waals surface area (Å²) < 4.78 is 22.7. The lowest BCUT2D eigenvalue weighted by molar-refractivity contribution is -0.134. The second kappa shape index (κ2) is 7.93. The molecule has 1 aliphatic carbocycles. The average Bonchev–Trinajstić information content (AvgIpc) is 3.21. The molecule has 1 aliphatic heterocycles. The number of hydrogen-bond donors (Lipinski definition) is 2. The van der Waals surface area contributed by atoms with Gasteiger partial charge in [-0.3, -0.25) is 9.79 Å². The summed E-state index contributed by atoms with van der Waals surface area (Å²) in [6.07, 6.45) is 6.51. The third kappa shape index (κ3) is 5.09. The molecule has 1 saturated carbocycles. The van der Waals surface area contributed by atoms with Crippen LogP contribution in [-0.2, 0) is 14.6 Å². The molecule has 1 saturated heterocycles. The quantitative estimate of drug-likeness (QED) is 0.549. The Morgan fingerprint density at radius 3 is 2.44 bits per heavy atom. The van der Waals surface area contributed by atoms with Crippen LogP contribution in [0.4, 0.5) is 0 Å². The summed E-state index contributed by atoms with van der Waals surface area (Å²) in [6.45, 7) is 5.13. The molecule has 0 aromatic rings. The number of guanidine groups is 1. The largest absolute Gasteiger partial charge is 0.355 e. The first-order valence-electron chi connectivity index (χ1n) is 9.09. The molecule has 1 unspecified atom stereocenters. The van der Waals surface area contributed by atoms with Crippen molar-refractivity contribution in [2.45, 2.75) is 56.7 Å². The zero-order valence-electron chi connectivity index (χ0n) is 15.8. The fourth-order valence-electron chi connectivity index (χ4n) is 3.32. The molecule has 7 nitrogen and oxygen atoms in total. The molecular formula is C17H32N4O3S. The van der Waals surface area contributed by atoms with Crippen molar-refractivity contribution in [3.05, 3.63) is 0 Å². The number of carbonyl (C=O) groups is 1. The van der Waals surface area contributed by atoms with Gasteiger partial charge in [-0.2, -0.15) is 0 Å². The van der Waals surface area contributed by atoms with E-state index in [1.165, 1.54) is 19.1 Å². The third-order valence-corrected chi connectivity index (χ3v) is 7.61. The fourth-order valence-corrected chi connectivity index (χ4v) is 3.66. The van der Waals surface area contributed by atoms with E-state index in [4.69, 9.17) is 0 Å². The molecule has 2 aliphatic rings. The van der Waals surface area contributed by atoms with Crippen molar-refractivity contribution < 1.29 is 13.2 Å². The summed E-state index contributed by atoms with van der Waals surface area (Å²) in [5.74, 6) is 1.09. The molecule has 1 atom stereocenters. The summed E-state index contributed by atoms with van der Waals surface area (Å²) in [5.41, 5.74) is 0. The molecule has 0 aromatic carbocycles. The number of likely N-dealkylation sites (tertiary alicyclic amines) is 1. The molecular weight excluding hydrogens is 340 g/mol. The molecule has 0 radical (unpaired) electrons. The molecule has 1 amide bonds. The van der Waals surface area contributed by atoms with Crippen molar-refractivity contribution in [1.29, 1.82) is 0 Å². The van der Waals surface area contributed by atoms with Crippen LogP contribution in [-0.4, -0.2) is 68.9 Å². The highest BCUT2D eigenvalue weighted by molar-refractivity contribution is 7.92. The van der Waals surface area contributed by atoms with E-state index in [1.807, 2.05) is 4.90 Å². The number of sulfone groups is 1. The molecule has 8 heteroatoms. The molecule has 1 heterocycles. The maximum absolute atomic E-state index is 12.5. The molecule has 0 spiro atoms. The highest BCUT2D eigenvalue weighted by atomic mass is 32.2. The smallest absolute Gasteiger partial charge is 0.225 e. The molecule has 2 fully saturated rings. The predicted molar refractivity (Wildman–Crippen MR) is 100 cm³/mol. The lowest BCUT2D eigenvalue weighted by atomic mass is 10.1. The van der Waals surface area contributed by atoms with E-state index in [1.54, 1.807) is 20.9 Å². The van der Waals surface area contributed by atoms with E-state index >= 15 is 0 Å². The van der Waals surface area contributed by atoms with Gasteiger partial charge in [-0.1, -0.05) is 12.8 Å². The minimum absolute atomic E-state index is 0.151. The molecule has 2 N–H and O–H groups in total. The highest BCUT2D eigenvalue weighted by Gasteiger charge is 2.33. The number of aliphatic imine (C=N–C) groups is 1. The molecule has 0 aromatic heterocycles. The highest BCUT2D eigenvalue weighted by Crippen LogP contribution is 2.27. The minimum atomic E-state index is -3.16. The van der Waals surface area contributed by atoms with Crippen molar-refractivity contribution in [2.75, 3.05) is 32.9 Å². The van der Waals surface area contributed by atoms with Crippen LogP contribution in [0.25, 0.3) is 0 Å². The van der Waals surface area contributed by atoms with Crippen LogP contribution in [0.15, 0.2) is 4.99 Å². The number of nitrogens with zero attached hydrogens (tertiary/aromatic N) is 2. The Balaban J connectivity index is 1.83. The lowest BCUT2D eigenvalue weighted by Gasteiger charge is -2.25. The van der Waals surface area contributed by atoms with E-state index in [0.29, 0.717) is 18.4 Å². The van der Waals surface area contributed by atoms with Crippen LogP contribution in [0.3, 0.4) is 0 Å². The van der Waals surface area contributed by atoms with Crippen LogP contribution in [0.5, 0.6) is 0 Å². The van der Waals surface area contributed by atoms with Gasteiger partial charge in [0.05, 0.1) is 4.75 Å². The van der Waals surface area contributed by atoms with Crippen molar-refractivity contribution in [3.8, 4) is 0 Å². The summed E-state index contributed by atoms with van der Waals surface area (Å²) in [6, 6.07) is 0.151. The summed E-state index contributed by atoms with van der Waals surface area (Å²) in [5, 5.41) is 6.41. The molecule has 144 valence electrons. The van der Waals surface area contributed by atoms with E-state index in [2.05, 4.69) is 15.6 Å². The van der Waals surface area contributed by atoms with Crippen LogP contribution in [0.1, 0.15) is 46.0 Å². The van der Waals surface area contributed by atoms with Gasteiger partial charge in [0.15, 0.2) is 15.8 Å². The van der Waals surface area contributed by atoms with Crippen LogP contribution >= 0.6 is 0 Å². The second-order valence-electron chi connectivity index (χ2n) is 7.85. The van der Waals surface area contributed by atoms with Gasteiger partial charge in [-0.05, 0) is 33.1 Å². The van der Waals surface area contributed by atoms with E-state index in [0.717, 1.165) is 25.8 Å². The Labute approximate surface area is 151 Å². The first-order valence-corrected chi connectivity index (χ1v) is 11.0. The normalized spacial score (nSPS) is 23.1. The summed E-state index contributed by atoms with van der Waals surface area (Å²) in [7, 11) is -1.50. The summed E-state index contributed by atoms with van der Waals surface area (Å²) in [4.78, 5) is 18.6. The van der Waals surface area contributed by atoms with Crippen molar-refractivity contribution in [2.24, 2.45) is 10.9 Å². The lowest BCUT2D eigenvalue weighted by Crippen LogP contribution is -2.50. The van der Waals surface area contributed by atoms with Crippen LogP contribution in [0.2, 0.25) is 0 Å². The van der Waals surface area contributed by atoms with Crippen molar-refractivity contribution in [3.63, 3.8) is 0 Å². The third-order valence-electron chi connectivity index (χ3n) is 5.45. The van der Waals surface area contributed by atoms with Crippen molar-refractivity contribution in [1.82, 2.24) is 15.5 Å². The molecule has 0 bridgehead atoms. The number of hydrogen-bond acceptors (Lipinski definition) is 4. The second-order valence-corrected chi connectivity index (χ2v) is 10.5. The van der Waals surface area contributed by atoms with E-state index in [-0.39, 0.29) is 18.5 Å². The number of nitrogens with one attached hydrogen (secondary N) is 2.